The molecule has 3 heterocycles. The molecule has 3 rings (SSSR count). The highest BCUT2D eigenvalue weighted by Gasteiger charge is 2.52. The summed E-state index contributed by atoms with van der Waals surface area (Å²) in [5, 5.41) is 4.11. The molecule has 6 heteroatoms. The molecule has 0 spiro atoms. The van der Waals surface area contributed by atoms with Gasteiger partial charge in [-0.2, -0.15) is 5.10 Å². The van der Waals surface area contributed by atoms with E-state index in [9.17, 15) is 0 Å². The van der Waals surface area contributed by atoms with Crippen LogP contribution in [0.1, 0.15) is 27.7 Å². The summed E-state index contributed by atoms with van der Waals surface area (Å²) >= 11 is 0. The molecule has 0 amide bonds. The van der Waals surface area contributed by atoms with Crippen LogP contribution in [0, 0.1) is 0 Å². The highest BCUT2D eigenvalue weighted by atomic mass is 16.7. The van der Waals surface area contributed by atoms with Gasteiger partial charge in [-0.05, 0) is 39.8 Å². The molecule has 0 radical (unpaired) electrons. The number of aryl methyl sites for hydroxylation is 1. The minimum Gasteiger partial charge on any atom is -0.399 e. The Morgan fingerprint density at radius 3 is 1.90 bits per heavy atom. The van der Waals surface area contributed by atoms with Crippen LogP contribution in [0.4, 0.5) is 0 Å². The van der Waals surface area contributed by atoms with Gasteiger partial charge in [-0.3, -0.25) is 9.67 Å². The van der Waals surface area contributed by atoms with Crippen molar-refractivity contribution in [1.29, 1.82) is 0 Å². The number of rotatable bonds is 1. The lowest BCUT2D eigenvalue weighted by molar-refractivity contribution is 0.00578. The van der Waals surface area contributed by atoms with Gasteiger partial charge in [0.15, 0.2) is 0 Å². The zero-order chi connectivity index (χ0) is 15.5. The Morgan fingerprint density at radius 2 is 1.57 bits per heavy atom. The number of pyridine rings is 1. The van der Waals surface area contributed by atoms with Crippen molar-refractivity contribution in [2.45, 2.75) is 38.9 Å². The van der Waals surface area contributed by atoms with Gasteiger partial charge >= 0.3 is 7.12 Å². The predicted octanol–water partition coefficient (Wildman–Crippen LogP) is 1.80. The van der Waals surface area contributed by atoms with E-state index < -0.39 is 0 Å². The first-order valence-corrected chi connectivity index (χ1v) is 7.01. The minimum absolute atomic E-state index is 0.284. The largest absolute Gasteiger partial charge is 0.498 e. The lowest BCUT2D eigenvalue weighted by Gasteiger charge is -2.32. The second kappa shape index (κ2) is 5.99. The van der Waals surface area contributed by atoms with E-state index in [-0.39, 0.29) is 18.3 Å². The van der Waals surface area contributed by atoms with Crippen molar-refractivity contribution in [3.05, 3.63) is 43.0 Å². The third-order valence-corrected chi connectivity index (χ3v) is 3.82. The van der Waals surface area contributed by atoms with E-state index in [1.165, 1.54) is 0 Å². The lowest BCUT2D eigenvalue weighted by Crippen LogP contribution is -2.41. The zero-order valence-corrected chi connectivity index (χ0v) is 13.3. The molecular formula is C15H22BN3O2. The van der Waals surface area contributed by atoms with Crippen LogP contribution in [0.2, 0.25) is 0 Å². The second-order valence-corrected chi connectivity index (χ2v) is 6.06. The van der Waals surface area contributed by atoms with Crippen molar-refractivity contribution in [2.24, 2.45) is 7.05 Å². The first kappa shape index (κ1) is 15.7. The fraction of sp³-hybridized carbons (Fsp3) is 0.467. The van der Waals surface area contributed by atoms with Gasteiger partial charge in [0.1, 0.15) is 0 Å². The van der Waals surface area contributed by atoms with Crippen LogP contribution in [0.25, 0.3) is 0 Å². The lowest BCUT2D eigenvalue weighted by atomic mass is 9.82. The van der Waals surface area contributed by atoms with Gasteiger partial charge in [0.25, 0.3) is 0 Å². The Morgan fingerprint density at radius 1 is 1.00 bits per heavy atom. The van der Waals surface area contributed by atoms with Crippen LogP contribution in [-0.2, 0) is 16.4 Å². The van der Waals surface area contributed by atoms with Gasteiger partial charge in [0.05, 0.1) is 11.2 Å². The van der Waals surface area contributed by atoms with Crippen LogP contribution < -0.4 is 5.46 Å². The summed E-state index contributed by atoms with van der Waals surface area (Å²) in [5.41, 5.74) is 0.400. The van der Waals surface area contributed by atoms with Crippen LogP contribution in [-0.4, -0.2) is 33.1 Å². The van der Waals surface area contributed by atoms with Crippen molar-refractivity contribution in [3.8, 4) is 0 Å². The standard InChI is InChI=1S/C10H17BN2O2.C5H5N/c1-9(2)10(3,4)15-11(14-9)8-6-12-13(5)7-8;1-2-4-6-5-3-1/h6-7H,1-5H3;1-5H. The highest BCUT2D eigenvalue weighted by Crippen LogP contribution is 2.36. The van der Waals surface area contributed by atoms with E-state index in [1.807, 2.05) is 59.1 Å². The van der Waals surface area contributed by atoms with Gasteiger partial charge in [-0.1, -0.05) is 6.07 Å². The third kappa shape index (κ3) is 3.71. The summed E-state index contributed by atoms with van der Waals surface area (Å²) < 4.78 is 13.5. The summed E-state index contributed by atoms with van der Waals surface area (Å²) in [6.07, 6.45) is 7.20. The monoisotopic (exact) mass is 287 g/mol. The zero-order valence-electron chi connectivity index (χ0n) is 13.3. The van der Waals surface area contributed by atoms with Crippen LogP contribution in [0.15, 0.2) is 43.0 Å². The average Bonchev–Trinajstić information content (AvgIpc) is 2.95. The van der Waals surface area contributed by atoms with Crippen molar-refractivity contribution in [3.63, 3.8) is 0 Å². The maximum Gasteiger partial charge on any atom is 0.498 e. The third-order valence-electron chi connectivity index (χ3n) is 3.82. The molecule has 0 aliphatic carbocycles. The summed E-state index contributed by atoms with van der Waals surface area (Å²) in [4.78, 5) is 3.78. The maximum atomic E-state index is 5.89. The summed E-state index contributed by atoms with van der Waals surface area (Å²) in [6.45, 7) is 8.18. The fourth-order valence-electron chi connectivity index (χ4n) is 1.85. The Balaban J connectivity index is 0.000000225. The van der Waals surface area contributed by atoms with Crippen LogP contribution >= 0.6 is 0 Å². The molecule has 1 saturated heterocycles. The molecule has 0 saturated carbocycles. The molecule has 2 aromatic rings. The van der Waals surface area contributed by atoms with E-state index in [2.05, 4.69) is 10.1 Å². The smallest absolute Gasteiger partial charge is 0.399 e. The van der Waals surface area contributed by atoms with Gasteiger partial charge in [0.2, 0.25) is 0 Å². The number of hydrogen-bond acceptors (Lipinski definition) is 4. The first-order chi connectivity index (χ1) is 9.82. The SMILES string of the molecule is Cn1cc(B2OC(C)(C)C(C)(C)O2)cn1.c1ccncc1. The Hall–Kier alpha value is -1.66. The molecule has 0 aromatic carbocycles. The summed E-state index contributed by atoms with van der Waals surface area (Å²) in [5.74, 6) is 0. The molecule has 0 unspecified atom stereocenters. The molecule has 0 N–H and O–H groups in total. The van der Waals surface area contributed by atoms with Crippen molar-refractivity contribution >= 4 is 12.6 Å². The normalized spacial score (nSPS) is 19.0. The molecule has 1 aliphatic heterocycles. The Bertz CT molecular complexity index is 527. The number of nitrogens with zero attached hydrogens (tertiary/aromatic N) is 3. The van der Waals surface area contributed by atoms with Crippen molar-refractivity contribution in [1.82, 2.24) is 14.8 Å². The summed E-state index contributed by atoms with van der Waals surface area (Å²) in [7, 11) is 1.58. The number of aromatic nitrogens is 3. The van der Waals surface area contributed by atoms with E-state index in [0.29, 0.717) is 0 Å². The molecule has 112 valence electrons. The first-order valence-electron chi connectivity index (χ1n) is 7.01. The maximum absolute atomic E-state index is 5.89. The molecular weight excluding hydrogens is 265 g/mol. The van der Waals surface area contributed by atoms with Gasteiger partial charge < -0.3 is 9.31 Å². The van der Waals surface area contributed by atoms with Crippen molar-refractivity contribution in [2.75, 3.05) is 0 Å². The van der Waals surface area contributed by atoms with Crippen LogP contribution in [0.3, 0.4) is 0 Å². The topological polar surface area (TPSA) is 49.2 Å². The van der Waals surface area contributed by atoms with Gasteiger partial charge in [0, 0.05) is 37.3 Å². The quantitative estimate of drug-likeness (QED) is 0.750. The number of hydrogen-bond donors (Lipinski definition) is 0. The summed E-state index contributed by atoms with van der Waals surface area (Å²) in [6, 6.07) is 5.72. The highest BCUT2D eigenvalue weighted by molar-refractivity contribution is 6.61. The molecule has 1 aliphatic rings. The fourth-order valence-corrected chi connectivity index (χ4v) is 1.85. The van der Waals surface area contributed by atoms with E-state index in [0.717, 1.165) is 5.46 Å². The van der Waals surface area contributed by atoms with Crippen molar-refractivity contribution < 1.29 is 9.31 Å². The second-order valence-electron chi connectivity index (χ2n) is 6.06. The minimum atomic E-state index is -0.302. The average molecular weight is 287 g/mol. The molecule has 0 bridgehead atoms. The van der Waals surface area contributed by atoms with Gasteiger partial charge in [-0.25, -0.2) is 0 Å². The molecule has 1 fully saturated rings. The van der Waals surface area contributed by atoms with E-state index in [1.54, 1.807) is 23.3 Å². The molecule has 21 heavy (non-hydrogen) atoms. The van der Waals surface area contributed by atoms with E-state index >= 15 is 0 Å². The Labute approximate surface area is 126 Å². The van der Waals surface area contributed by atoms with Gasteiger partial charge in [-0.15, -0.1) is 0 Å². The predicted molar refractivity (Wildman–Crippen MR) is 83.2 cm³/mol. The Kier molecular flexibility index (Phi) is 4.49. The molecule has 5 nitrogen and oxygen atoms in total. The molecule has 0 atom stereocenters. The van der Waals surface area contributed by atoms with Crippen LogP contribution in [0.5, 0.6) is 0 Å². The molecule has 2 aromatic heterocycles. The van der Waals surface area contributed by atoms with E-state index in [4.69, 9.17) is 9.31 Å².